The minimum atomic E-state index is -0.0551. The van der Waals surface area contributed by atoms with Crippen molar-refractivity contribution in [3.8, 4) is 0 Å². The summed E-state index contributed by atoms with van der Waals surface area (Å²) in [6.07, 6.45) is 5.30. The van der Waals surface area contributed by atoms with Gasteiger partial charge in [0.15, 0.2) is 11.0 Å². The van der Waals surface area contributed by atoms with Gasteiger partial charge >= 0.3 is 0 Å². The molecule has 24 heavy (non-hydrogen) atoms. The third-order valence-electron chi connectivity index (χ3n) is 4.30. The SMILES string of the molecule is CC(NC(=O)C1CCCN(c2ccc(Cl)nn2)C1)c1ccncc1. The third-order valence-corrected chi connectivity index (χ3v) is 4.50. The number of carbonyl (C=O) groups is 1. The van der Waals surface area contributed by atoms with Crippen molar-refractivity contribution in [1.29, 1.82) is 0 Å². The van der Waals surface area contributed by atoms with Gasteiger partial charge in [-0.1, -0.05) is 11.6 Å². The van der Waals surface area contributed by atoms with Crippen molar-refractivity contribution in [3.05, 3.63) is 47.4 Å². The average Bonchev–Trinajstić information content (AvgIpc) is 2.63. The summed E-state index contributed by atoms with van der Waals surface area (Å²) in [4.78, 5) is 18.7. The summed E-state index contributed by atoms with van der Waals surface area (Å²) >= 11 is 5.78. The normalized spacial score (nSPS) is 18.9. The Morgan fingerprint density at radius 1 is 1.29 bits per heavy atom. The van der Waals surface area contributed by atoms with Gasteiger partial charge in [-0.3, -0.25) is 9.78 Å². The van der Waals surface area contributed by atoms with Gasteiger partial charge in [-0.2, -0.15) is 0 Å². The van der Waals surface area contributed by atoms with Crippen LogP contribution in [-0.4, -0.2) is 34.2 Å². The highest BCUT2D eigenvalue weighted by Crippen LogP contribution is 2.23. The molecule has 126 valence electrons. The Morgan fingerprint density at radius 2 is 2.08 bits per heavy atom. The third kappa shape index (κ3) is 4.00. The number of piperidine rings is 1. The van der Waals surface area contributed by atoms with Crippen LogP contribution in [-0.2, 0) is 4.79 Å². The van der Waals surface area contributed by atoms with Gasteiger partial charge in [-0.15, -0.1) is 10.2 Å². The van der Waals surface area contributed by atoms with Gasteiger partial charge in [0.25, 0.3) is 0 Å². The lowest BCUT2D eigenvalue weighted by atomic mass is 9.96. The van der Waals surface area contributed by atoms with Crippen LogP contribution in [0.15, 0.2) is 36.7 Å². The molecule has 2 atom stereocenters. The molecular weight excluding hydrogens is 326 g/mol. The highest BCUT2D eigenvalue weighted by Gasteiger charge is 2.27. The van der Waals surface area contributed by atoms with E-state index in [0.717, 1.165) is 30.8 Å². The second-order valence-electron chi connectivity index (χ2n) is 6.01. The van der Waals surface area contributed by atoms with Crippen molar-refractivity contribution in [3.63, 3.8) is 0 Å². The monoisotopic (exact) mass is 345 g/mol. The fraction of sp³-hybridized carbons (Fsp3) is 0.412. The predicted molar refractivity (Wildman–Crippen MR) is 92.8 cm³/mol. The highest BCUT2D eigenvalue weighted by molar-refractivity contribution is 6.29. The van der Waals surface area contributed by atoms with Crippen LogP contribution in [0.4, 0.5) is 5.82 Å². The van der Waals surface area contributed by atoms with E-state index in [-0.39, 0.29) is 17.9 Å². The second kappa shape index (κ2) is 7.57. The maximum Gasteiger partial charge on any atom is 0.225 e. The van der Waals surface area contributed by atoms with Crippen LogP contribution in [0.3, 0.4) is 0 Å². The Labute approximate surface area is 146 Å². The van der Waals surface area contributed by atoms with Gasteiger partial charge in [-0.25, -0.2) is 0 Å². The van der Waals surface area contributed by atoms with Crippen LogP contribution < -0.4 is 10.2 Å². The Balaban J connectivity index is 1.61. The molecule has 1 fully saturated rings. The zero-order valence-corrected chi connectivity index (χ0v) is 14.3. The van der Waals surface area contributed by atoms with Crippen molar-refractivity contribution in [2.45, 2.75) is 25.8 Å². The molecule has 0 bridgehead atoms. The van der Waals surface area contributed by atoms with Gasteiger partial charge in [0, 0.05) is 25.5 Å². The molecule has 0 aliphatic carbocycles. The van der Waals surface area contributed by atoms with E-state index in [9.17, 15) is 4.79 Å². The number of hydrogen-bond donors (Lipinski definition) is 1. The summed E-state index contributed by atoms with van der Waals surface area (Å²) in [5.41, 5.74) is 1.05. The minimum absolute atomic E-state index is 0.0359. The van der Waals surface area contributed by atoms with Crippen molar-refractivity contribution in [2.75, 3.05) is 18.0 Å². The van der Waals surface area contributed by atoms with E-state index in [1.54, 1.807) is 18.5 Å². The van der Waals surface area contributed by atoms with E-state index < -0.39 is 0 Å². The molecule has 0 spiro atoms. The van der Waals surface area contributed by atoms with Gasteiger partial charge in [0.2, 0.25) is 5.91 Å². The Hall–Kier alpha value is -2.21. The van der Waals surface area contributed by atoms with E-state index in [1.807, 2.05) is 25.1 Å². The van der Waals surface area contributed by atoms with Crippen LogP contribution >= 0.6 is 11.6 Å². The molecular formula is C17H20ClN5O. The number of rotatable bonds is 4. The molecule has 3 heterocycles. The molecule has 1 amide bonds. The van der Waals surface area contributed by atoms with Crippen molar-refractivity contribution in [2.24, 2.45) is 5.92 Å². The largest absolute Gasteiger partial charge is 0.354 e. The maximum atomic E-state index is 12.6. The number of pyridine rings is 1. The van der Waals surface area contributed by atoms with Gasteiger partial charge in [0.1, 0.15) is 0 Å². The molecule has 6 nitrogen and oxygen atoms in total. The summed E-state index contributed by atoms with van der Waals surface area (Å²) in [5.74, 6) is 0.783. The molecule has 0 radical (unpaired) electrons. The van der Waals surface area contributed by atoms with Crippen LogP contribution in [0, 0.1) is 5.92 Å². The van der Waals surface area contributed by atoms with Crippen molar-refractivity contribution in [1.82, 2.24) is 20.5 Å². The fourth-order valence-corrected chi connectivity index (χ4v) is 3.04. The smallest absolute Gasteiger partial charge is 0.225 e. The lowest BCUT2D eigenvalue weighted by molar-refractivity contribution is -0.125. The summed E-state index contributed by atoms with van der Waals surface area (Å²) in [6.45, 7) is 3.50. The Bertz CT molecular complexity index is 679. The first-order valence-corrected chi connectivity index (χ1v) is 8.46. The lowest BCUT2D eigenvalue weighted by Crippen LogP contribution is -2.44. The van der Waals surface area contributed by atoms with Gasteiger partial charge in [0.05, 0.1) is 12.0 Å². The topological polar surface area (TPSA) is 71.0 Å². The number of hydrogen-bond acceptors (Lipinski definition) is 5. The second-order valence-corrected chi connectivity index (χ2v) is 6.40. The molecule has 0 aromatic carbocycles. The predicted octanol–water partition coefficient (Wildman–Crippen LogP) is 2.62. The molecule has 2 aromatic rings. The van der Waals surface area contributed by atoms with Gasteiger partial charge in [-0.05, 0) is 49.6 Å². The molecule has 1 saturated heterocycles. The zero-order valence-electron chi connectivity index (χ0n) is 13.5. The molecule has 1 N–H and O–H groups in total. The number of nitrogens with zero attached hydrogens (tertiary/aromatic N) is 4. The summed E-state index contributed by atoms with van der Waals surface area (Å²) in [7, 11) is 0. The summed E-state index contributed by atoms with van der Waals surface area (Å²) in [6, 6.07) is 7.36. The van der Waals surface area contributed by atoms with Crippen LogP contribution in [0.5, 0.6) is 0 Å². The average molecular weight is 346 g/mol. The standard InChI is InChI=1S/C17H20ClN5O/c1-12(13-6-8-19-9-7-13)20-17(24)14-3-2-10-23(11-14)16-5-4-15(18)21-22-16/h4-9,12,14H,2-3,10-11H2,1H3,(H,20,24). The van der Waals surface area contributed by atoms with Gasteiger partial charge < -0.3 is 10.2 Å². The molecule has 1 aliphatic rings. The van der Waals surface area contributed by atoms with E-state index in [4.69, 9.17) is 11.6 Å². The highest BCUT2D eigenvalue weighted by atomic mass is 35.5. The lowest BCUT2D eigenvalue weighted by Gasteiger charge is -2.33. The number of amides is 1. The summed E-state index contributed by atoms with van der Waals surface area (Å²) in [5, 5.41) is 11.5. The summed E-state index contributed by atoms with van der Waals surface area (Å²) < 4.78 is 0. The molecule has 7 heteroatoms. The fourth-order valence-electron chi connectivity index (χ4n) is 2.94. The van der Waals surface area contributed by atoms with Crippen LogP contribution in [0.25, 0.3) is 0 Å². The van der Waals surface area contributed by atoms with E-state index in [1.165, 1.54) is 0 Å². The van der Waals surface area contributed by atoms with Crippen LogP contribution in [0.1, 0.15) is 31.4 Å². The van der Waals surface area contributed by atoms with Crippen LogP contribution in [0.2, 0.25) is 5.15 Å². The minimum Gasteiger partial charge on any atom is -0.354 e. The maximum absolute atomic E-state index is 12.6. The molecule has 2 unspecified atom stereocenters. The number of anilines is 1. The van der Waals surface area contributed by atoms with E-state index in [0.29, 0.717) is 11.7 Å². The Kier molecular flexibility index (Phi) is 5.25. The van der Waals surface area contributed by atoms with Crippen molar-refractivity contribution >= 4 is 23.3 Å². The Morgan fingerprint density at radius 3 is 2.79 bits per heavy atom. The first kappa shape index (κ1) is 16.6. The quantitative estimate of drug-likeness (QED) is 0.922. The molecule has 1 aliphatic heterocycles. The number of carbonyl (C=O) groups excluding carboxylic acids is 1. The number of aromatic nitrogens is 3. The number of nitrogens with one attached hydrogen (secondary N) is 1. The van der Waals surface area contributed by atoms with E-state index >= 15 is 0 Å². The first-order valence-electron chi connectivity index (χ1n) is 8.08. The molecule has 3 rings (SSSR count). The van der Waals surface area contributed by atoms with Crippen molar-refractivity contribution < 1.29 is 4.79 Å². The van der Waals surface area contributed by atoms with E-state index in [2.05, 4.69) is 25.4 Å². The molecule has 0 saturated carbocycles. The number of halogens is 1. The first-order chi connectivity index (χ1) is 11.6. The molecule has 2 aromatic heterocycles. The zero-order chi connectivity index (χ0) is 16.9.